The molecule has 0 aromatic carbocycles. The zero-order chi connectivity index (χ0) is 11.0. The van der Waals surface area contributed by atoms with Crippen LogP contribution in [-0.2, 0) is 11.8 Å². The monoisotopic (exact) mass is 228 g/mol. The fourth-order valence-electron chi connectivity index (χ4n) is 1.96. The van der Waals surface area contributed by atoms with E-state index in [1.54, 1.807) is 0 Å². The molecular formula is C9H16N4OS. The Hall–Kier alpha value is -0.880. The number of hydrogen-bond donors (Lipinski definition) is 1. The highest BCUT2D eigenvalue weighted by atomic mass is 32.1. The van der Waals surface area contributed by atoms with Crippen molar-refractivity contribution in [1.29, 1.82) is 0 Å². The summed E-state index contributed by atoms with van der Waals surface area (Å²) in [6.07, 6.45) is 0.470. The quantitative estimate of drug-likeness (QED) is 0.731. The second kappa shape index (κ2) is 3.94. The van der Waals surface area contributed by atoms with E-state index < -0.39 is 0 Å². The summed E-state index contributed by atoms with van der Waals surface area (Å²) in [6.45, 7) is 5.86. The molecule has 2 heterocycles. The zero-order valence-corrected chi connectivity index (χ0v) is 10.0. The molecule has 5 nitrogen and oxygen atoms in total. The van der Waals surface area contributed by atoms with Crippen molar-refractivity contribution in [2.24, 2.45) is 7.05 Å². The maximum atomic E-state index is 5.67. The zero-order valence-electron chi connectivity index (χ0n) is 9.23. The normalized spacial score (nSPS) is 27.0. The van der Waals surface area contributed by atoms with Gasteiger partial charge in [-0.15, -0.1) is 5.10 Å². The standard InChI is InChI=1S/C9H16N4OS/c1-6-4-13(5-7(2)14-6)8-10-11-9(15)12(8)3/h6-7H,4-5H2,1-3H3,(H,11,15)/t6-,7+. The van der Waals surface area contributed by atoms with Crippen LogP contribution in [0.4, 0.5) is 5.95 Å². The molecule has 1 aromatic heterocycles. The Labute approximate surface area is 94.0 Å². The molecule has 0 amide bonds. The van der Waals surface area contributed by atoms with Crippen molar-refractivity contribution in [3.63, 3.8) is 0 Å². The number of nitrogens with zero attached hydrogens (tertiary/aromatic N) is 3. The first-order valence-electron chi connectivity index (χ1n) is 5.09. The highest BCUT2D eigenvalue weighted by Gasteiger charge is 2.24. The number of aromatic nitrogens is 3. The third-order valence-electron chi connectivity index (χ3n) is 2.56. The van der Waals surface area contributed by atoms with Crippen molar-refractivity contribution in [3.05, 3.63) is 4.77 Å². The first-order valence-corrected chi connectivity index (χ1v) is 5.50. The molecule has 0 saturated carbocycles. The van der Waals surface area contributed by atoms with Gasteiger partial charge in [0.15, 0.2) is 4.77 Å². The minimum atomic E-state index is 0.235. The highest BCUT2D eigenvalue weighted by molar-refractivity contribution is 7.71. The Morgan fingerprint density at radius 3 is 2.47 bits per heavy atom. The minimum absolute atomic E-state index is 0.235. The smallest absolute Gasteiger partial charge is 0.225 e. The molecule has 84 valence electrons. The van der Waals surface area contributed by atoms with E-state index in [-0.39, 0.29) is 12.2 Å². The minimum Gasteiger partial charge on any atom is -0.372 e. The first kappa shape index (κ1) is 10.6. The average molecular weight is 228 g/mol. The maximum Gasteiger partial charge on any atom is 0.225 e. The van der Waals surface area contributed by atoms with Gasteiger partial charge in [-0.25, -0.2) is 5.10 Å². The van der Waals surface area contributed by atoms with Crippen molar-refractivity contribution in [1.82, 2.24) is 14.8 Å². The van der Waals surface area contributed by atoms with Gasteiger partial charge in [0.2, 0.25) is 5.95 Å². The Morgan fingerprint density at radius 2 is 2.00 bits per heavy atom. The van der Waals surface area contributed by atoms with E-state index in [2.05, 4.69) is 28.9 Å². The van der Waals surface area contributed by atoms with Crippen molar-refractivity contribution < 1.29 is 4.74 Å². The Kier molecular flexibility index (Phi) is 2.79. The molecule has 1 N–H and O–H groups in total. The van der Waals surface area contributed by atoms with Gasteiger partial charge in [0.1, 0.15) is 0 Å². The molecule has 2 atom stereocenters. The summed E-state index contributed by atoms with van der Waals surface area (Å²) in [5.41, 5.74) is 0. The summed E-state index contributed by atoms with van der Waals surface area (Å²) in [4.78, 5) is 2.20. The van der Waals surface area contributed by atoms with E-state index >= 15 is 0 Å². The van der Waals surface area contributed by atoms with Gasteiger partial charge in [0.25, 0.3) is 0 Å². The van der Waals surface area contributed by atoms with E-state index in [1.807, 2.05) is 11.6 Å². The molecule has 15 heavy (non-hydrogen) atoms. The lowest BCUT2D eigenvalue weighted by Crippen LogP contribution is -2.46. The van der Waals surface area contributed by atoms with Crippen LogP contribution in [0.3, 0.4) is 0 Å². The molecule has 6 heteroatoms. The predicted octanol–water partition coefficient (Wildman–Crippen LogP) is 1.09. The van der Waals surface area contributed by atoms with Gasteiger partial charge in [-0.2, -0.15) is 0 Å². The summed E-state index contributed by atoms with van der Waals surface area (Å²) in [5.74, 6) is 0.891. The van der Waals surface area contributed by atoms with Crippen LogP contribution >= 0.6 is 12.2 Å². The molecule has 0 unspecified atom stereocenters. The molecule has 2 rings (SSSR count). The fraction of sp³-hybridized carbons (Fsp3) is 0.778. The van der Waals surface area contributed by atoms with Crippen LogP contribution in [0.25, 0.3) is 0 Å². The SMILES string of the molecule is C[C@@H]1CN(c2n[nH]c(=S)n2C)C[C@H](C)O1. The summed E-state index contributed by atoms with van der Waals surface area (Å²) in [5, 5.41) is 7.02. The van der Waals surface area contributed by atoms with E-state index in [0.717, 1.165) is 19.0 Å². The van der Waals surface area contributed by atoms with E-state index in [1.165, 1.54) is 0 Å². The largest absolute Gasteiger partial charge is 0.372 e. The number of ether oxygens (including phenoxy) is 1. The number of morpholine rings is 1. The van der Waals surface area contributed by atoms with Crippen molar-refractivity contribution in [2.75, 3.05) is 18.0 Å². The maximum absolute atomic E-state index is 5.67. The van der Waals surface area contributed by atoms with Crippen LogP contribution in [0.1, 0.15) is 13.8 Å². The van der Waals surface area contributed by atoms with Gasteiger partial charge in [0, 0.05) is 20.1 Å². The van der Waals surface area contributed by atoms with Crippen LogP contribution in [0.2, 0.25) is 0 Å². The van der Waals surface area contributed by atoms with Gasteiger partial charge in [-0.1, -0.05) is 0 Å². The van der Waals surface area contributed by atoms with Crippen molar-refractivity contribution in [2.45, 2.75) is 26.1 Å². The van der Waals surface area contributed by atoms with Gasteiger partial charge >= 0.3 is 0 Å². The lowest BCUT2D eigenvalue weighted by molar-refractivity contribution is -0.00587. The molecule has 1 saturated heterocycles. The van der Waals surface area contributed by atoms with Crippen LogP contribution in [0, 0.1) is 4.77 Å². The van der Waals surface area contributed by atoms with E-state index in [0.29, 0.717) is 4.77 Å². The van der Waals surface area contributed by atoms with Crippen LogP contribution < -0.4 is 4.90 Å². The predicted molar refractivity (Wildman–Crippen MR) is 60.6 cm³/mol. The molecule has 1 aliphatic rings. The summed E-state index contributed by atoms with van der Waals surface area (Å²) >= 11 is 5.09. The number of anilines is 1. The lowest BCUT2D eigenvalue weighted by Gasteiger charge is -2.35. The third-order valence-corrected chi connectivity index (χ3v) is 2.92. The highest BCUT2D eigenvalue weighted by Crippen LogP contribution is 2.17. The van der Waals surface area contributed by atoms with E-state index in [4.69, 9.17) is 17.0 Å². The van der Waals surface area contributed by atoms with Gasteiger partial charge in [-0.05, 0) is 26.1 Å². The number of nitrogens with one attached hydrogen (secondary N) is 1. The van der Waals surface area contributed by atoms with Gasteiger partial charge < -0.3 is 9.64 Å². The fourth-order valence-corrected chi connectivity index (χ4v) is 2.09. The van der Waals surface area contributed by atoms with E-state index in [9.17, 15) is 0 Å². The third kappa shape index (κ3) is 2.05. The van der Waals surface area contributed by atoms with Crippen LogP contribution in [0.5, 0.6) is 0 Å². The number of rotatable bonds is 1. The van der Waals surface area contributed by atoms with Gasteiger partial charge in [-0.3, -0.25) is 4.57 Å². The Bertz CT molecular complexity index is 389. The number of aromatic amines is 1. The molecule has 0 radical (unpaired) electrons. The Balaban J connectivity index is 2.23. The molecule has 0 spiro atoms. The molecule has 0 aliphatic carbocycles. The number of hydrogen-bond acceptors (Lipinski definition) is 4. The van der Waals surface area contributed by atoms with Crippen LogP contribution in [0.15, 0.2) is 0 Å². The summed E-state index contributed by atoms with van der Waals surface area (Å²) in [6, 6.07) is 0. The molecule has 1 fully saturated rings. The summed E-state index contributed by atoms with van der Waals surface area (Å²) in [7, 11) is 1.92. The Morgan fingerprint density at radius 1 is 1.40 bits per heavy atom. The van der Waals surface area contributed by atoms with Crippen LogP contribution in [-0.4, -0.2) is 40.1 Å². The average Bonchev–Trinajstić information content (AvgIpc) is 2.46. The second-order valence-electron chi connectivity index (χ2n) is 4.05. The first-order chi connectivity index (χ1) is 7.08. The van der Waals surface area contributed by atoms with Gasteiger partial charge in [0.05, 0.1) is 12.2 Å². The van der Waals surface area contributed by atoms with Crippen molar-refractivity contribution >= 4 is 18.2 Å². The lowest BCUT2D eigenvalue weighted by atomic mass is 10.2. The van der Waals surface area contributed by atoms with Crippen molar-refractivity contribution in [3.8, 4) is 0 Å². The molecule has 1 aromatic rings. The molecule has 1 aliphatic heterocycles. The second-order valence-corrected chi connectivity index (χ2v) is 4.44. The molecular weight excluding hydrogens is 212 g/mol. The number of H-pyrrole nitrogens is 1. The topological polar surface area (TPSA) is 46.1 Å². The summed E-state index contributed by atoms with van der Waals surface area (Å²) < 4.78 is 8.21. The molecule has 0 bridgehead atoms.